The molecule has 1 amide bonds. The number of Topliss-reactive ketones (excluding diaryl/α,β-unsaturated/α-hetero) is 1. The van der Waals surface area contributed by atoms with Crippen LogP contribution in [-0.2, 0) is 4.79 Å². The van der Waals surface area contributed by atoms with Gasteiger partial charge in [-0.15, -0.1) is 0 Å². The predicted molar refractivity (Wildman–Crippen MR) is 57.0 cm³/mol. The van der Waals surface area contributed by atoms with Crippen molar-refractivity contribution in [3.05, 3.63) is 28.8 Å². The number of halogens is 1. The summed E-state index contributed by atoms with van der Waals surface area (Å²) in [7, 11) is 0. The summed E-state index contributed by atoms with van der Waals surface area (Å²) in [6.07, 6.45) is 0.00509. The maximum absolute atomic E-state index is 11.7. The molecule has 4 nitrogen and oxygen atoms in total. The Morgan fingerprint density at radius 1 is 1.40 bits per heavy atom. The van der Waals surface area contributed by atoms with Gasteiger partial charge in [0.1, 0.15) is 0 Å². The standard InChI is InChI=1S/C10H9ClN2O2/c11-5-1-2-6-8(3-5)13-9(14)4-7(12)10(6)15/h1-3,7H,4,12H2,(H,13,14). The number of nitrogens with one attached hydrogen (secondary N) is 1. The molecule has 0 aliphatic carbocycles. The summed E-state index contributed by atoms with van der Waals surface area (Å²) < 4.78 is 0. The van der Waals surface area contributed by atoms with Gasteiger partial charge in [0.05, 0.1) is 11.7 Å². The SMILES string of the molecule is NC1CC(=O)Nc2cc(Cl)ccc2C1=O. The van der Waals surface area contributed by atoms with E-state index in [-0.39, 0.29) is 18.1 Å². The molecule has 0 saturated heterocycles. The molecule has 0 bridgehead atoms. The monoisotopic (exact) mass is 224 g/mol. The fourth-order valence-electron chi connectivity index (χ4n) is 1.53. The molecule has 1 aromatic rings. The summed E-state index contributed by atoms with van der Waals surface area (Å²) in [6, 6.07) is 3.95. The van der Waals surface area contributed by atoms with Gasteiger partial charge in [0.2, 0.25) is 5.91 Å². The molecule has 5 heteroatoms. The number of carbonyl (C=O) groups excluding carboxylic acids is 2. The maximum Gasteiger partial charge on any atom is 0.226 e. The van der Waals surface area contributed by atoms with E-state index in [2.05, 4.69) is 5.32 Å². The van der Waals surface area contributed by atoms with Crippen molar-refractivity contribution in [3.63, 3.8) is 0 Å². The van der Waals surface area contributed by atoms with E-state index in [1.165, 1.54) is 0 Å². The van der Waals surface area contributed by atoms with E-state index in [4.69, 9.17) is 17.3 Å². The van der Waals surface area contributed by atoms with E-state index < -0.39 is 6.04 Å². The first-order valence-corrected chi connectivity index (χ1v) is 4.85. The summed E-state index contributed by atoms with van der Waals surface area (Å²) in [5.74, 6) is -0.503. The van der Waals surface area contributed by atoms with Gasteiger partial charge in [0.25, 0.3) is 0 Å². The Hall–Kier alpha value is -1.39. The van der Waals surface area contributed by atoms with Crippen LogP contribution in [0.5, 0.6) is 0 Å². The van der Waals surface area contributed by atoms with Crippen LogP contribution >= 0.6 is 11.6 Å². The average molecular weight is 225 g/mol. The highest BCUT2D eigenvalue weighted by Gasteiger charge is 2.26. The first kappa shape index (κ1) is 10.1. The summed E-state index contributed by atoms with van der Waals surface area (Å²) >= 11 is 5.77. The molecule has 15 heavy (non-hydrogen) atoms. The Kier molecular flexibility index (Phi) is 2.46. The molecule has 1 aliphatic rings. The molecular formula is C10H9ClN2O2. The van der Waals surface area contributed by atoms with Gasteiger partial charge >= 0.3 is 0 Å². The van der Waals surface area contributed by atoms with Crippen LogP contribution in [0.4, 0.5) is 5.69 Å². The molecule has 1 atom stereocenters. The van der Waals surface area contributed by atoms with Gasteiger partial charge in [-0.25, -0.2) is 0 Å². The lowest BCUT2D eigenvalue weighted by Crippen LogP contribution is -2.31. The number of fused-ring (bicyclic) bond motifs is 1. The molecule has 1 heterocycles. The van der Waals surface area contributed by atoms with Gasteiger partial charge in [-0.1, -0.05) is 11.6 Å². The molecule has 2 rings (SSSR count). The van der Waals surface area contributed by atoms with Crippen molar-refractivity contribution < 1.29 is 9.59 Å². The molecule has 1 unspecified atom stereocenters. The molecular weight excluding hydrogens is 216 g/mol. The minimum atomic E-state index is -0.771. The zero-order valence-electron chi connectivity index (χ0n) is 7.79. The number of amides is 1. The van der Waals surface area contributed by atoms with Gasteiger partial charge in [0, 0.05) is 17.0 Å². The lowest BCUT2D eigenvalue weighted by Gasteiger charge is -2.06. The van der Waals surface area contributed by atoms with Crippen molar-refractivity contribution in [2.75, 3.05) is 5.32 Å². The highest BCUT2D eigenvalue weighted by molar-refractivity contribution is 6.31. The van der Waals surface area contributed by atoms with E-state index in [1.54, 1.807) is 18.2 Å². The van der Waals surface area contributed by atoms with Crippen molar-refractivity contribution in [1.29, 1.82) is 0 Å². The van der Waals surface area contributed by atoms with Crippen molar-refractivity contribution >= 4 is 29.0 Å². The fraction of sp³-hybridized carbons (Fsp3) is 0.200. The van der Waals surface area contributed by atoms with Gasteiger partial charge in [0.15, 0.2) is 5.78 Å². The summed E-state index contributed by atoms with van der Waals surface area (Å²) in [5, 5.41) is 3.07. The van der Waals surface area contributed by atoms with Crippen molar-refractivity contribution in [3.8, 4) is 0 Å². The minimum Gasteiger partial charge on any atom is -0.325 e. The number of anilines is 1. The normalized spacial score (nSPS) is 20.5. The molecule has 0 spiro atoms. The second kappa shape index (κ2) is 3.64. The summed E-state index contributed by atoms with van der Waals surface area (Å²) in [6.45, 7) is 0. The molecule has 78 valence electrons. The highest BCUT2D eigenvalue weighted by Crippen LogP contribution is 2.25. The lowest BCUT2D eigenvalue weighted by molar-refractivity contribution is -0.116. The van der Waals surface area contributed by atoms with Crippen LogP contribution < -0.4 is 11.1 Å². The predicted octanol–water partition coefficient (Wildman–Crippen LogP) is 1.19. The third-order valence-corrected chi connectivity index (χ3v) is 2.50. The third kappa shape index (κ3) is 1.86. The summed E-state index contributed by atoms with van der Waals surface area (Å²) in [5.41, 5.74) is 6.43. The van der Waals surface area contributed by atoms with Gasteiger partial charge in [-0.3, -0.25) is 9.59 Å². The third-order valence-electron chi connectivity index (χ3n) is 2.26. The Balaban J connectivity index is 2.54. The van der Waals surface area contributed by atoms with E-state index >= 15 is 0 Å². The first-order valence-electron chi connectivity index (χ1n) is 4.47. The van der Waals surface area contributed by atoms with Crippen molar-refractivity contribution in [1.82, 2.24) is 0 Å². The number of ketones is 1. The average Bonchev–Trinajstić information content (AvgIpc) is 2.25. The van der Waals surface area contributed by atoms with Crippen LogP contribution in [0.15, 0.2) is 18.2 Å². The quantitative estimate of drug-likeness (QED) is 0.695. The number of benzene rings is 1. The molecule has 0 fully saturated rings. The molecule has 0 aromatic heterocycles. The smallest absolute Gasteiger partial charge is 0.226 e. The van der Waals surface area contributed by atoms with Crippen LogP contribution in [0.25, 0.3) is 0 Å². The van der Waals surface area contributed by atoms with Crippen molar-refractivity contribution in [2.24, 2.45) is 5.73 Å². The van der Waals surface area contributed by atoms with E-state index in [0.717, 1.165) is 0 Å². The first-order chi connectivity index (χ1) is 7.08. The second-order valence-electron chi connectivity index (χ2n) is 3.41. The number of nitrogens with two attached hydrogens (primary N) is 1. The lowest BCUT2D eigenvalue weighted by atomic mass is 10.0. The van der Waals surface area contributed by atoms with Gasteiger partial charge in [-0.2, -0.15) is 0 Å². The van der Waals surface area contributed by atoms with Crippen LogP contribution in [0.3, 0.4) is 0 Å². The Labute approximate surface area is 91.4 Å². The molecule has 0 radical (unpaired) electrons. The number of hydrogen-bond donors (Lipinski definition) is 2. The maximum atomic E-state index is 11.7. The molecule has 1 aromatic carbocycles. The van der Waals surface area contributed by atoms with E-state index in [0.29, 0.717) is 16.3 Å². The van der Waals surface area contributed by atoms with Crippen LogP contribution in [0, 0.1) is 0 Å². The number of carbonyl (C=O) groups is 2. The van der Waals surface area contributed by atoms with Crippen molar-refractivity contribution in [2.45, 2.75) is 12.5 Å². The number of hydrogen-bond acceptors (Lipinski definition) is 3. The Morgan fingerprint density at radius 2 is 2.13 bits per heavy atom. The van der Waals surface area contributed by atoms with E-state index in [1.807, 2.05) is 0 Å². The zero-order chi connectivity index (χ0) is 11.0. The molecule has 0 saturated carbocycles. The van der Waals surface area contributed by atoms with Gasteiger partial charge < -0.3 is 11.1 Å². The fourth-order valence-corrected chi connectivity index (χ4v) is 1.70. The highest BCUT2D eigenvalue weighted by atomic mass is 35.5. The zero-order valence-corrected chi connectivity index (χ0v) is 8.54. The van der Waals surface area contributed by atoms with Crippen LogP contribution in [-0.4, -0.2) is 17.7 Å². The Bertz CT molecular complexity index is 445. The molecule has 3 N–H and O–H groups in total. The van der Waals surface area contributed by atoms with Gasteiger partial charge in [-0.05, 0) is 18.2 Å². The minimum absolute atomic E-state index is 0.00509. The van der Waals surface area contributed by atoms with E-state index in [9.17, 15) is 9.59 Å². The van der Waals surface area contributed by atoms with Crippen LogP contribution in [0.2, 0.25) is 5.02 Å². The molecule has 1 aliphatic heterocycles. The van der Waals surface area contributed by atoms with Crippen LogP contribution in [0.1, 0.15) is 16.8 Å². The largest absolute Gasteiger partial charge is 0.325 e. The number of rotatable bonds is 0. The second-order valence-corrected chi connectivity index (χ2v) is 3.85. The Morgan fingerprint density at radius 3 is 2.87 bits per heavy atom. The topological polar surface area (TPSA) is 72.2 Å². The summed E-state index contributed by atoms with van der Waals surface area (Å²) in [4.78, 5) is 23.1.